The molecule has 2 aliphatic heterocycles. The fourth-order valence-corrected chi connectivity index (χ4v) is 3.49. The van der Waals surface area contributed by atoms with E-state index in [1.54, 1.807) is 0 Å². The number of hydroxylamine groups is 2. The van der Waals surface area contributed by atoms with Crippen LogP contribution in [-0.4, -0.2) is 37.1 Å². The molecule has 0 aromatic heterocycles. The fourth-order valence-electron chi connectivity index (χ4n) is 2.71. The van der Waals surface area contributed by atoms with Crippen LogP contribution in [0.1, 0.15) is 6.42 Å². The SMILES string of the molecule is CS(=O)(=O)Nc1cc(Cl)cc(NC(=O)CC2=CC(=C3C(F)=CC(F)=CN3O)N=C2)c1. The molecular formula is C18H15ClF2N4O4S. The van der Waals surface area contributed by atoms with Crippen molar-refractivity contribution in [1.29, 1.82) is 0 Å². The Hall–Kier alpha value is -3.02. The highest BCUT2D eigenvalue weighted by atomic mass is 35.5. The lowest BCUT2D eigenvalue weighted by Crippen LogP contribution is -2.16. The summed E-state index contributed by atoms with van der Waals surface area (Å²) in [6, 6.07) is 4.21. The summed E-state index contributed by atoms with van der Waals surface area (Å²) in [6.45, 7) is 0. The zero-order valence-corrected chi connectivity index (χ0v) is 16.9. The number of carbonyl (C=O) groups is 1. The van der Waals surface area contributed by atoms with Gasteiger partial charge in [0.2, 0.25) is 15.9 Å². The van der Waals surface area contributed by atoms with E-state index in [0.717, 1.165) is 6.26 Å². The minimum atomic E-state index is -3.53. The van der Waals surface area contributed by atoms with Crippen LogP contribution in [0.3, 0.4) is 0 Å². The molecule has 158 valence electrons. The number of halogens is 3. The van der Waals surface area contributed by atoms with Gasteiger partial charge in [-0.25, -0.2) is 22.3 Å². The van der Waals surface area contributed by atoms with Gasteiger partial charge in [0.25, 0.3) is 0 Å². The first-order chi connectivity index (χ1) is 14.0. The van der Waals surface area contributed by atoms with Gasteiger partial charge in [-0.2, -0.15) is 0 Å². The maximum Gasteiger partial charge on any atom is 0.229 e. The van der Waals surface area contributed by atoms with Gasteiger partial charge in [-0.1, -0.05) is 11.6 Å². The molecule has 0 saturated heterocycles. The van der Waals surface area contributed by atoms with Gasteiger partial charge in [-0.05, 0) is 29.8 Å². The number of allylic oxidation sites excluding steroid dienone is 4. The van der Waals surface area contributed by atoms with Crippen LogP contribution in [0, 0.1) is 0 Å². The zero-order valence-electron chi connectivity index (χ0n) is 15.4. The molecule has 0 aliphatic carbocycles. The van der Waals surface area contributed by atoms with E-state index >= 15 is 0 Å². The molecule has 8 nitrogen and oxygen atoms in total. The molecule has 1 aromatic rings. The Bertz CT molecular complexity index is 1170. The van der Waals surface area contributed by atoms with Gasteiger partial charge >= 0.3 is 0 Å². The van der Waals surface area contributed by atoms with Crippen LogP contribution in [0.25, 0.3) is 0 Å². The van der Waals surface area contributed by atoms with Gasteiger partial charge in [0.05, 0.1) is 30.3 Å². The maximum absolute atomic E-state index is 13.9. The summed E-state index contributed by atoms with van der Waals surface area (Å²) in [5.74, 6) is -2.45. The third kappa shape index (κ3) is 5.53. The third-order valence-corrected chi connectivity index (χ3v) is 4.57. The van der Waals surface area contributed by atoms with E-state index < -0.39 is 27.6 Å². The van der Waals surface area contributed by atoms with Crippen molar-refractivity contribution >= 4 is 45.1 Å². The van der Waals surface area contributed by atoms with E-state index in [4.69, 9.17) is 11.6 Å². The van der Waals surface area contributed by atoms with Crippen molar-refractivity contribution in [2.75, 3.05) is 16.3 Å². The number of nitrogens with zero attached hydrogens (tertiary/aromatic N) is 2. The average Bonchev–Trinajstić information content (AvgIpc) is 2.99. The molecule has 0 atom stereocenters. The highest BCUT2D eigenvalue weighted by Crippen LogP contribution is 2.30. The van der Waals surface area contributed by atoms with Crippen LogP contribution >= 0.6 is 11.6 Å². The van der Waals surface area contributed by atoms with Crippen molar-refractivity contribution in [2.45, 2.75) is 6.42 Å². The molecule has 1 aromatic carbocycles. The molecule has 2 heterocycles. The van der Waals surface area contributed by atoms with Gasteiger partial charge in [0, 0.05) is 23.0 Å². The van der Waals surface area contributed by atoms with Gasteiger partial charge in [0.15, 0.2) is 5.83 Å². The summed E-state index contributed by atoms with van der Waals surface area (Å²) >= 11 is 5.95. The summed E-state index contributed by atoms with van der Waals surface area (Å²) < 4.78 is 52.0. The molecule has 0 bridgehead atoms. The summed E-state index contributed by atoms with van der Waals surface area (Å²) in [5.41, 5.74) is 0.505. The van der Waals surface area contributed by atoms with Crippen LogP contribution in [-0.2, 0) is 14.8 Å². The van der Waals surface area contributed by atoms with E-state index in [1.807, 2.05) is 0 Å². The van der Waals surface area contributed by atoms with Crippen molar-refractivity contribution in [1.82, 2.24) is 5.06 Å². The highest BCUT2D eigenvalue weighted by Gasteiger charge is 2.23. The molecule has 0 saturated carbocycles. The Kier molecular flexibility index (Phi) is 6.06. The van der Waals surface area contributed by atoms with Gasteiger partial charge in [-0.15, -0.1) is 0 Å². The smallest absolute Gasteiger partial charge is 0.229 e. The summed E-state index contributed by atoms with van der Waals surface area (Å²) in [6.07, 6.45) is 4.80. The van der Waals surface area contributed by atoms with Crippen molar-refractivity contribution in [3.8, 4) is 0 Å². The van der Waals surface area contributed by atoms with Crippen molar-refractivity contribution in [2.24, 2.45) is 4.99 Å². The molecule has 3 rings (SSSR count). The monoisotopic (exact) mass is 456 g/mol. The first-order valence-electron chi connectivity index (χ1n) is 8.30. The van der Waals surface area contributed by atoms with Crippen molar-refractivity contribution in [3.63, 3.8) is 0 Å². The number of sulfonamides is 1. The number of anilines is 2. The van der Waals surface area contributed by atoms with Crippen LogP contribution in [0.15, 0.2) is 70.2 Å². The number of benzene rings is 1. The highest BCUT2D eigenvalue weighted by molar-refractivity contribution is 7.92. The predicted molar refractivity (Wildman–Crippen MR) is 109 cm³/mol. The number of rotatable bonds is 5. The standard InChI is InChI=1S/C18H15ClF2N4O4S/c1-30(28,29)24-14-5-11(19)4-13(7-14)23-17(26)3-10-2-16(22-8-10)18-15(21)6-12(20)9-25(18)27/h2,4-9,24,27H,3H2,1H3,(H,23,26). The Balaban J connectivity index is 1.72. The second-order valence-corrected chi connectivity index (χ2v) is 8.57. The molecule has 2 aliphatic rings. The second kappa shape index (κ2) is 8.38. The minimum Gasteiger partial charge on any atom is -0.326 e. The number of aliphatic imine (C=N–C) groups is 1. The fraction of sp³-hybridized carbons (Fsp3) is 0.111. The first-order valence-corrected chi connectivity index (χ1v) is 10.6. The summed E-state index contributed by atoms with van der Waals surface area (Å²) in [7, 11) is -3.53. The third-order valence-electron chi connectivity index (χ3n) is 3.75. The predicted octanol–water partition coefficient (Wildman–Crippen LogP) is 3.63. The van der Waals surface area contributed by atoms with Gasteiger partial charge in [-0.3, -0.25) is 19.7 Å². The molecule has 12 heteroatoms. The zero-order chi connectivity index (χ0) is 22.1. The topological polar surface area (TPSA) is 111 Å². The van der Waals surface area contributed by atoms with E-state index in [9.17, 15) is 27.2 Å². The molecule has 3 N–H and O–H groups in total. The van der Waals surface area contributed by atoms with E-state index in [2.05, 4.69) is 15.0 Å². The number of amides is 1. The van der Waals surface area contributed by atoms with Crippen LogP contribution in [0.4, 0.5) is 20.2 Å². The van der Waals surface area contributed by atoms with Crippen LogP contribution in [0.5, 0.6) is 0 Å². The number of hydrogen-bond donors (Lipinski definition) is 3. The molecule has 0 fully saturated rings. The molecule has 0 unspecified atom stereocenters. The van der Waals surface area contributed by atoms with Crippen LogP contribution < -0.4 is 10.0 Å². The normalized spacial score (nSPS) is 18.7. The first kappa shape index (κ1) is 21.7. The number of carbonyl (C=O) groups excluding carboxylic acids is 1. The number of hydrogen-bond acceptors (Lipinski definition) is 6. The van der Waals surface area contributed by atoms with E-state index in [-0.39, 0.29) is 39.3 Å². The Morgan fingerprint density at radius 3 is 2.60 bits per heavy atom. The Labute approximate surface area is 175 Å². The van der Waals surface area contributed by atoms with Crippen LogP contribution in [0.2, 0.25) is 5.02 Å². The summed E-state index contributed by atoms with van der Waals surface area (Å²) in [5, 5.41) is 12.8. The maximum atomic E-state index is 13.9. The second-order valence-electron chi connectivity index (χ2n) is 6.39. The molecule has 30 heavy (non-hydrogen) atoms. The van der Waals surface area contributed by atoms with E-state index in [0.29, 0.717) is 17.8 Å². The largest absolute Gasteiger partial charge is 0.326 e. The Morgan fingerprint density at radius 1 is 1.23 bits per heavy atom. The van der Waals surface area contributed by atoms with E-state index in [1.165, 1.54) is 30.5 Å². The quantitative estimate of drug-likeness (QED) is 0.626. The number of nitrogens with one attached hydrogen (secondary N) is 2. The van der Waals surface area contributed by atoms with Gasteiger partial charge < -0.3 is 5.32 Å². The van der Waals surface area contributed by atoms with Crippen molar-refractivity contribution < 1.29 is 27.2 Å². The average molecular weight is 457 g/mol. The van der Waals surface area contributed by atoms with Gasteiger partial charge in [0.1, 0.15) is 11.5 Å². The molecule has 0 spiro atoms. The lowest BCUT2D eigenvalue weighted by molar-refractivity contribution is -0.115. The lowest BCUT2D eigenvalue weighted by atomic mass is 10.1. The summed E-state index contributed by atoms with van der Waals surface area (Å²) in [4.78, 5) is 16.3. The lowest BCUT2D eigenvalue weighted by Gasteiger charge is -2.18. The molecule has 0 radical (unpaired) electrons. The molecular weight excluding hydrogens is 442 g/mol. The van der Waals surface area contributed by atoms with Crippen molar-refractivity contribution in [3.05, 3.63) is 70.2 Å². The molecule has 1 amide bonds. The Morgan fingerprint density at radius 2 is 1.93 bits per heavy atom. The minimum absolute atomic E-state index is 0.0141.